The fraction of sp³-hybridized carbons (Fsp3) is 0.846. The lowest BCUT2D eigenvalue weighted by molar-refractivity contribution is 0.0683. The molecule has 1 aromatic heterocycles. The maximum absolute atomic E-state index is 5.50. The first-order chi connectivity index (χ1) is 8.72. The van der Waals surface area contributed by atoms with Crippen LogP contribution in [0.15, 0.2) is 4.52 Å². The third kappa shape index (κ3) is 2.57. The van der Waals surface area contributed by atoms with Gasteiger partial charge in [0.15, 0.2) is 5.82 Å². The summed E-state index contributed by atoms with van der Waals surface area (Å²) in [7, 11) is 0. The summed E-state index contributed by atoms with van der Waals surface area (Å²) in [6, 6.07) is 0. The SMILES string of the molecule is CCCC1(c2nc(C(C)OCC)no2)CCNC1. The normalized spacial score (nSPS) is 25.5. The smallest absolute Gasteiger partial charge is 0.234 e. The molecule has 1 aliphatic rings. The predicted molar refractivity (Wildman–Crippen MR) is 68.4 cm³/mol. The molecule has 1 saturated heterocycles. The van der Waals surface area contributed by atoms with E-state index in [0.717, 1.165) is 38.2 Å². The van der Waals surface area contributed by atoms with E-state index in [2.05, 4.69) is 22.4 Å². The lowest BCUT2D eigenvalue weighted by Crippen LogP contribution is -2.29. The van der Waals surface area contributed by atoms with Gasteiger partial charge in [-0.2, -0.15) is 4.98 Å². The zero-order valence-corrected chi connectivity index (χ0v) is 11.5. The Kier molecular flexibility index (Phi) is 4.35. The largest absolute Gasteiger partial charge is 0.371 e. The molecule has 2 unspecified atom stereocenters. The van der Waals surface area contributed by atoms with E-state index in [1.54, 1.807) is 0 Å². The molecule has 0 amide bonds. The summed E-state index contributed by atoms with van der Waals surface area (Å²) >= 11 is 0. The van der Waals surface area contributed by atoms with E-state index in [1.165, 1.54) is 0 Å². The number of ether oxygens (including phenoxy) is 1. The van der Waals surface area contributed by atoms with Crippen molar-refractivity contribution < 1.29 is 9.26 Å². The summed E-state index contributed by atoms with van der Waals surface area (Å²) in [6.07, 6.45) is 3.19. The number of hydrogen-bond acceptors (Lipinski definition) is 5. The molecule has 0 saturated carbocycles. The van der Waals surface area contributed by atoms with Gasteiger partial charge in [-0.25, -0.2) is 0 Å². The fourth-order valence-corrected chi connectivity index (χ4v) is 2.67. The standard InChI is InChI=1S/C13H23N3O2/c1-4-6-13(7-8-14-9-13)12-15-11(16-18-12)10(3)17-5-2/h10,14H,4-9H2,1-3H3. The molecule has 2 heterocycles. The van der Waals surface area contributed by atoms with Crippen LogP contribution in [0, 0.1) is 0 Å². The van der Waals surface area contributed by atoms with Gasteiger partial charge in [0, 0.05) is 13.2 Å². The van der Waals surface area contributed by atoms with Crippen LogP contribution in [0.25, 0.3) is 0 Å². The van der Waals surface area contributed by atoms with Crippen LogP contribution in [-0.4, -0.2) is 29.8 Å². The topological polar surface area (TPSA) is 60.2 Å². The van der Waals surface area contributed by atoms with Crippen molar-refractivity contribution in [2.24, 2.45) is 0 Å². The van der Waals surface area contributed by atoms with Gasteiger partial charge in [-0.3, -0.25) is 0 Å². The lowest BCUT2D eigenvalue weighted by Gasteiger charge is -2.22. The molecule has 0 radical (unpaired) electrons. The Morgan fingerprint density at radius 1 is 1.50 bits per heavy atom. The minimum Gasteiger partial charge on any atom is -0.371 e. The lowest BCUT2D eigenvalue weighted by atomic mass is 9.82. The molecule has 18 heavy (non-hydrogen) atoms. The van der Waals surface area contributed by atoms with Crippen LogP contribution in [0.2, 0.25) is 0 Å². The first-order valence-electron chi connectivity index (χ1n) is 6.88. The highest BCUT2D eigenvalue weighted by molar-refractivity contribution is 5.10. The summed E-state index contributed by atoms with van der Waals surface area (Å²) in [5, 5.41) is 7.47. The van der Waals surface area contributed by atoms with Crippen LogP contribution >= 0.6 is 0 Å². The van der Waals surface area contributed by atoms with Gasteiger partial charge in [-0.05, 0) is 33.2 Å². The molecular formula is C13H23N3O2. The van der Waals surface area contributed by atoms with Gasteiger partial charge in [0.25, 0.3) is 0 Å². The molecular weight excluding hydrogens is 230 g/mol. The van der Waals surface area contributed by atoms with E-state index in [9.17, 15) is 0 Å². The fourth-order valence-electron chi connectivity index (χ4n) is 2.67. The molecule has 2 rings (SSSR count). The summed E-state index contributed by atoms with van der Waals surface area (Å²) in [5.41, 5.74) is 0.0337. The van der Waals surface area contributed by atoms with Gasteiger partial charge < -0.3 is 14.6 Å². The quantitative estimate of drug-likeness (QED) is 0.842. The number of nitrogens with zero attached hydrogens (tertiary/aromatic N) is 2. The van der Waals surface area contributed by atoms with Gasteiger partial charge >= 0.3 is 0 Å². The maximum Gasteiger partial charge on any atom is 0.234 e. The van der Waals surface area contributed by atoms with E-state index in [4.69, 9.17) is 9.26 Å². The second-order valence-corrected chi connectivity index (χ2v) is 5.01. The summed E-state index contributed by atoms with van der Waals surface area (Å²) < 4.78 is 11.0. The van der Waals surface area contributed by atoms with Crippen molar-refractivity contribution in [1.29, 1.82) is 0 Å². The zero-order chi connectivity index (χ0) is 13.0. The van der Waals surface area contributed by atoms with Crippen LogP contribution in [-0.2, 0) is 10.2 Å². The Bertz CT molecular complexity index is 372. The molecule has 5 heteroatoms. The maximum atomic E-state index is 5.50. The monoisotopic (exact) mass is 253 g/mol. The second kappa shape index (κ2) is 5.80. The predicted octanol–water partition coefficient (Wildman–Crippen LogP) is 2.20. The van der Waals surface area contributed by atoms with Gasteiger partial charge in [0.05, 0.1) is 5.41 Å². The van der Waals surface area contributed by atoms with Crippen molar-refractivity contribution in [2.75, 3.05) is 19.7 Å². The average molecular weight is 253 g/mol. The van der Waals surface area contributed by atoms with Crippen LogP contribution in [0.4, 0.5) is 0 Å². The third-order valence-electron chi connectivity index (χ3n) is 3.65. The highest BCUT2D eigenvalue weighted by Gasteiger charge is 2.40. The molecule has 1 aliphatic heterocycles. The van der Waals surface area contributed by atoms with Crippen LogP contribution in [0.1, 0.15) is 57.9 Å². The van der Waals surface area contributed by atoms with Crippen LogP contribution in [0.3, 0.4) is 0 Å². The summed E-state index contributed by atoms with van der Waals surface area (Å²) in [4.78, 5) is 4.56. The summed E-state index contributed by atoms with van der Waals surface area (Å²) in [6.45, 7) is 8.74. The minimum atomic E-state index is -0.0967. The highest BCUT2D eigenvalue weighted by atomic mass is 16.5. The van der Waals surface area contributed by atoms with Crippen molar-refractivity contribution in [3.63, 3.8) is 0 Å². The number of aromatic nitrogens is 2. The molecule has 1 aromatic rings. The first-order valence-corrected chi connectivity index (χ1v) is 6.88. The molecule has 0 aromatic carbocycles. The molecule has 0 aliphatic carbocycles. The zero-order valence-electron chi connectivity index (χ0n) is 11.5. The van der Waals surface area contributed by atoms with E-state index in [0.29, 0.717) is 12.4 Å². The third-order valence-corrected chi connectivity index (χ3v) is 3.65. The van der Waals surface area contributed by atoms with Gasteiger partial charge in [-0.15, -0.1) is 0 Å². The Balaban J connectivity index is 2.16. The molecule has 5 nitrogen and oxygen atoms in total. The molecule has 0 spiro atoms. The van der Waals surface area contributed by atoms with E-state index >= 15 is 0 Å². The number of rotatable bonds is 6. The van der Waals surface area contributed by atoms with Gasteiger partial charge in [-0.1, -0.05) is 18.5 Å². The average Bonchev–Trinajstić information content (AvgIpc) is 2.98. The van der Waals surface area contributed by atoms with Crippen LogP contribution in [0.5, 0.6) is 0 Å². The van der Waals surface area contributed by atoms with E-state index in [1.807, 2.05) is 13.8 Å². The number of hydrogen-bond donors (Lipinski definition) is 1. The van der Waals surface area contributed by atoms with E-state index < -0.39 is 0 Å². The van der Waals surface area contributed by atoms with E-state index in [-0.39, 0.29) is 11.5 Å². The highest BCUT2D eigenvalue weighted by Crippen LogP contribution is 2.34. The van der Waals surface area contributed by atoms with Gasteiger partial charge in [0.2, 0.25) is 5.89 Å². The molecule has 1 fully saturated rings. The molecule has 1 N–H and O–H groups in total. The Hall–Kier alpha value is -0.940. The van der Waals surface area contributed by atoms with Gasteiger partial charge in [0.1, 0.15) is 6.10 Å². The Labute approximate surface area is 108 Å². The van der Waals surface area contributed by atoms with Crippen molar-refractivity contribution in [3.05, 3.63) is 11.7 Å². The van der Waals surface area contributed by atoms with Crippen LogP contribution < -0.4 is 5.32 Å². The number of nitrogens with one attached hydrogen (secondary N) is 1. The van der Waals surface area contributed by atoms with Crippen molar-refractivity contribution in [1.82, 2.24) is 15.5 Å². The summed E-state index contributed by atoms with van der Waals surface area (Å²) in [5.74, 6) is 1.44. The molecule has 0 bridgehead atoms. The van der Waals surface area contributed by atoms with Crippen molar-refractivity contribution in [2.45, 2.75) is 51.6 Å². The Morgan fingerprint density at radius 3 is 2.94 bits per heavy atom. The minimum absolute atomic E-state index is 0.0337. The second-order valence-electron chi connectivity index (χ2n) is 5.01. The van der Waals surface area contributed by atoms with Crippen molar-refractivity contribution >= 4 is 0 Å². The molecule has 2 atom stereocenters. The first kappa shape index (κ1) is 13.5. The molecule has 102 valence electrons. The Morgan fingerprint density at radius 2 is 2.33 bits per heavy atom. The van der Waals surface area contributed by atoms with Crippen molar-refractivity contribution in [3.8, 4) is 0 Å².